The van der Waals surface area contributed by atoms with Crippen LogP contribution in [0.3, 0.4) is 0 Å². The number of rotatable bonds is 17. The van der Waals surface area contributed by atoms with Crippen molar-refractivity contribution >= 4 is 0 Å². The van der Waals surface area contributed by atoms with Gasteiger partial charge in [-0.15, -0.1) is 0 Å². The zero-order valence-corrected chi connectivity index (χ0v) is 13.6. The molecule has 0 aromatic rings. The molecule has 0 aliphatic heterocycles. The summed E-state index contributed by atoms with van der Waals surface area (Å²) in [4.78, 5) is 0. The molecule has 0 heterocycles. The van der Waals surface area contributed by atoms with E-state index in [1.165, 1.54) is 0 Å². The Morgan fingerprint density at radius 3 is 1.23 bits per heavy atom. The van der Waals surface area contributed by atoms with Gasteiger partial charge in [-0.1, -0.05) is 0 Å². The molecule has 0 saturated heterocycles. The van der Waals surface area contributed by atoms with Gasteiger partial charge in [-0.3, -0.25) is 0 Å². The fourth-order valence-electron chi connectivity index (χ4n) is 1.35. The summed E-state index contributed by atoms with van der Waals surface area (Å²) in [7, 11) is 3.21. The van der Waals surface area contributed by atoms with E-state index >= 15 is 0 Å². The van der Waals surface area contributed by atoms with Crippen LogP contribution >= 0.6 is 0 Å². The molecule has 0 aliphatic rings. The predicted molar refractivity (Wildman–Crippen MR) is 79.0 cm³/mol. The van der Waals surface area contributed by atoms with E-state index in [4.69, 9.17) is 28.4 Å². The van der Waals surface area contributed by atoms with Crippen LogP contribution in [0.2, 0.25) is 0 Å². The molecule has 22 heavy (non-hydrogen) atoms. The van der Waals surface area contributed by atoms with E-state index in [9.17, 15) is 10.2 Å². The van der Waals surface area contributed by atoms with Crippen molar-refractivity contribution in [2.45, 2.75) is 12.2 Å². The first-order valence-electron chi connectivity index (χ1n) is 7.37. The maximum atomic E-state index is 9.67. The van der Waals surface area contributed by atoms with Crippen LogP contribution in [0, 0.1) is 0 Å². The second kappa shape index (κ2) is 17.0. The van der Waals surface area contributed by atoms with Crippen LogP contribution in [0.15, 0.2) is 0 Å². The van der Waals surface area contributed by atoms with E-state index in [2.05, 4.69) is 0 Å². The molecule has 0 aliphatic carbocycles. The first-order valence-corrected chi connectivity index (χ1v) is 7.37. The number of methoxy groups -OCH3 is 2. The molecule has 8 nitrogen and oxygen atoms in total. The van der Waals surface area contributed by atoms with E-state index in [-0.39, 0.29) is 13.2 Å². The fourth-order valence-corrected chi connectivity index (χ4v) is 1.35. The molecule has 8 heteroatoms. The van der Waals surface area contributed by atoms with Crippen LogP contribution in [0.1, 0.15) is 0 Å². The van der Waals surface area contributed by atoms with Crippen molar-refractivity contribution in [1.29, 1.82) is 0 Å². The van der Waals surface area contributed by atoms with Crippen LogP contribution in [-0.4, -0.2) is 103 Å². The molecule has 2 atom stereocenters. The van der Waals surface area contributed by atoms with Crippen molar-refractivity contribution in [1.82, 2.24) is 0 Å². The Kier molecular flexibility index (Phi) is 16.8. The maximum Gasteiger partial charge on any atom is 0.105 e. The average Bonchev–Trinajstić information content (AvgIpc) is 2.52. The summed E-state index contributed by atoms with van der Waals surface area (Å²) in [5.41, 5.74) is 0. The molecule has 0 aromatic carbocycles. The number of ether oxygens (including phenoxy) is 6. The highest BCUT2D eigenvalue weighted by Crippen LogP contribution is 1.96. The Balaban J connectivity index is 3.33. The molecule has 0 spiro atoms. The lowest BCUT2D eigenvalue weighted by atomic mass is 10.2. The molecule has 0 saturated carbocycles. The standard InChI is InChI=1S/C14H30O8/c1-17-3-5-19-7-9-21-11-13(15)14(16)12-22-10-8-20-6-4-18-2/h13-16H,3-12H2,1-2H3/t13-,14-/m1/s1. The Hall–Kier alpha value is -0.320. The van der Waals surface area contributed by atoms with Crippen molar-refractivity contribution in [2.24, 2.45) is 0 Å². The summed E-state index contributed by atoms with van der Waals surface area (Å²) >= 11 is 0. The molecule has 0 amide bonds. The maximum absolute atomic E-state index is 9.67. The summed E-state index contributed by atoms with van der Waals surface area (Å²) in [6.45, 7) is 3.68. The lowest BCUT2D eigenvalue weighted by Gasteiger charge is -2.18. The summed E-state index contributed by atoms with van der Waals surface area (Å²) in [6, 6.07) is 0. The summed E-state index contributed by atoms with van der Waals surface area (Å²) in [6.07, 6.45) is -1.98. The number of aliphatic hydroxyl groups excluding tert-OH is 2. The van der Waals surface area contributed by atoms with Gasteiger partial charge in [0.1, 0.15) is 12.2 Å². The van der Waals surface area contributed by atoms with Gasteiger partial charge < -0.3 is 38.6 Å². The van der Waals surface area contributed by atoms with Gasteiger partial charge in [0.15, 0.2) is 0 Å². The first kappa shape index (κ1) is 21.7. The molecule has 0 fully saturated rings. The summed E-state index contributed by atoms with van der Waals surface area (Å²) in [5, 5.41) is 19.3. The van der Waals surface area contributed by atoms with Gasteiger partial charge in [0, 0.05) is 14.2 Å². The second-order valence-corrected chi connectivity index (χ2v) is 4.49. The molecule has 0 unspecified atom stereocenters. The summed E-state index contributed by atoms with van der Waals surface area (Å²) in [5.74, 6) is 0. The zero-order chi connectivity index (χ0) is 16.5. The lowest BCUT2D eigenvalue weighted by molar-refractivity contribution is -0.0818. The van der Waals surface area contributed by atoms with Crippen LogP contribution < -0.4 is 0 Å². The highest BCUT2D eigenvalue weighted by atomic mass is 16.6. The number of aliphatic hydroxyl groups is 2. The minimum Gasteiger partial charge on any atom is -0.388 e. The van der Waals surface area contributed by atoms with E-state index < -0.39 is 12.2 Å². The quantitative estimate of drug-likeness (QED) is 0.331. The van der Waals surface area contributed by atoms with Gasteiger partial charge in [-0.25, -0.2) is 0 Å². The van der Waals surface area contributed by atoms with Crippen LogP contribution in [-0.2, 0) is 28.4 Å². The van der Waals surface area contributed by atoms with Gasteiger partial charge in [0.25, 0.3) is 0 Å². The fraction of sp³-hybridized carbons (Fsp3) is 1.00. The normalized spacial score (nSPS) is 14.2. The van der Waals surface area contributed by atoms with E-state index in [0.29, 0.717) is 52.9 Å². The SMILES string of the molecule is COCCOCCOC[C@@H](O)[C@H](O)COCCOCCOC. The van der Waals surface area contributed by atoms with Crippen LogP contribution in [0.4, 0.5) is 0 Å². The van der Waals surface area contributed by atoms with E-state index in [0.717, 1.165) is 0 Å². The molecule has 0 aromatic heterocycles. The van der Waals surface area contributed by atoms with Gasteiger partial charge in [0.05, 0.1) is 66.1 Å². The topological polar surface area (TPSA) is 95.8 Å². The third-order valence-corrected chi connectivity index (χ3v) is 2.63. The van der Waals surface area contributed by atoms with Crippen molar-refractivity contribution in [3.63, 3.8) is 0 Å². The van der Waals surface area contributed by atoms with Crippen molar-refractivity contribution in [3.8, 4) is 0 Å². The largest absolute Gasteiger partial charge is 0.388 e. The molecule has 0 rings (SSSR count). The van der Waals surface area contributed by atoms with E-state index in [1.54, 1.807) is 14.2 Å². The third kappa shape index (κ3) is 14.6. The Morgan fingerprint density at radius 1 is 0.545 bits per heavy atom. The van der Waals surface area contributed by atoms with Gasteiger partial charge >= 0.3 is 0 Å². The Morgan fingerprint density at radius 2 is 0.864 bits per heavy atom. The van der Waals surface area contributed by atoms with Gasteiger partial charge in [-0.05, 0) is 0 Å². The smallest absolute Gasteiger partial charge is 0.105 e. The minimum absolute atomic E-state index is 0.0303. The van der Waals surface area contributed by atoms with Crippen molar-refractivity contribution in [3.05, 3.63) is 0 Å². The monoisotopic (exact) mass is 326 g/mol. The molecule has 0 bridgehead atoms. The van der Waals surface area contributed by atoms with Crippen molar-refractivity contribution < 1.29 is 38.6 Å². The highest BCUT2D eigenvalue weighted by molar-refractivity contribution is 4.65. The zero-order valence-electron chi connectivity index (χ0n) is 13.6. The lowest BCUT2D eigenvalue weighted by Crippen LogP contribution is -2.35. The Labute approximate surface area is 132 Å². The number of hydrogen-bond acceptors (Lipinski definition) is 8. The molecule has 134 valence electrons. The predicted octanol–water partition coefficient (Wildman–Crippen LogP) is -0.933. The highest BCUT2D eigenvalue weighted by Gasteiger charge is 2.16. The summed E-state index contributed by atoms with van der Waals surface area (Å²) < 4.78 is 30.4. The molecular formula is C14H30O8. The van der Waals surface area contributed by atoms with Crippen molar-refractivity contribution in [2.75, 3.05) is 80.3 Å². The second-order valence-electron chi connectivity index (χ2n) is 4.49. The molecule has 0 radical (unpaired) electrons. The van der Waals surface area contributed by atoms with Crippen LogP contribution in [0.25, 0.3) is 0 Å². The first-order chi connectivity index (χ1) is 10.7. The van der Waals surface area contributed by atoms with Crippen LogP contribution in [0.5, 0.6) is 0 Å². The minimum atomic E-state index is -0.992. The average molecular weight is 326 g/mol. The third-order valence-electron chi connectivity index (χ3n) is 2.63. The molecule has 2 N–H and O–H groups in total. The van der Waals surface area contributed by atoms with Gasteiger partial charge in [0.2, 0.25) is 0 Å². The Bertz CT molecular complexity index is 195. The molecular weight excluding hydrogens is 296 g/mol. The van der Waals surface area contributed by atoms with Gasteiger partial charge in [-0.2, -0.15) is 0 Å². The van der Waals surface area contributed by atoms with E-state index in [1.807, 2.05) is 0 Å². The number of hydrogen-bond donors (Lipinski definition) is 2.